The van der Waals surface area contributed by atoms with Crippen molar-refractivity contribution in [2.75, 3.05) is 20.1 Å². The maximum absolute atomic E-state index is 12.4. The fraction of sp³-hybridized carbons (Fsp3) is 0.438. The largest absolute Gasteiger partial charge is 0.341 e. The molecule has 1 aromatic carbocycles. The van der Waals surface area contributed by atoms with Gasteiger partial charge in [0.05, 0.1) is 10.9 Å². The number of hydrogen-bond donors (Lipinski definition) is 2. The summed E-state index contributed by atoms with van der Waals surface area (Å²) in [5.41, 5.74) is -0.490. The Labute approximate surface area is 132 Å². The number of likely N-dealkylation sites (tertiary alicyclic amines) is 1. The van der Waals surface area contributed by atoms with Gasteiger partial charge in [-0.15, -0.1) is 0 Å². The van der Waals surface area contributed by atoms with Crippen LogP contribution in [0.15, 0.2) is 33.9 Å². The lowest BCUT2D eigenvalue weighted by molar-refractivity contribution is -0.133. The molecule has 0 saturated carbocycles. The Balaban J connectivity index is 1.83. The molecule has 0 atom stereocenters. The van der Waals surface area contributed by atoms with Crippen LogP contribution >= 0.6 is 0 Å². The number of amides is 1. The highest BCUT2D eigenvalue weighted by Gasteiger charge is 2.22. The summed E-state index contributed by atoms with van der Waals surface area (Å²) in [5.74, 6) is -0.192. The average Bonchev–Trinajstić information content (AvgIpc) is 2.58. The summed E-state index contributed by atoms with van der Waals surface area (Å²) in [6.45, 7) is 1.07. The monoisotopic (exact) mass is 316 g/mol. The second-order valence-electron chi connectivity index (χ2n) is 5.81. The van der Waals surface area contributed by atoms with Gasteiger partial charge < -0.3 is 15.2 Å². The third-order valence-electron chi connectivity index (χ3n) is 4.44. The van der Waals surface area contributed by atoms with E-state index in [2.05, 4.69) is 10.3 Å². The Morgan fingerprint density at radius 1 is 1.26 bits per heavy atom. The van der Waals surface area contributed by atoms with E-state index in [1.165, 1.54) is 0 Å². The second-order valence-corrected chi connectivity index (χ2v) is 5.81. The van der Waals surface area contributed by atoms with Gasteiger partial charge in [0.2, 0.25) is 5.91 Å². The normalized spacial score (nSPS) is 16.0. The van der Waals surface area contributed by atoms with Gasteiger partial charge in [0.15, 0.2) is 0 Å². The second kappa shape index (κ2) is 6.37. The predicted octanol–water partition coefficient (Wildman–Crippen LogP) is -0.0998. The molecule has 1 amide bonds. The van der Waals surface area contributed by atoms with Crippen LogP contribution in [0.5, 0.6) is 0 Å². The van der Waals surface area contributed by atoms with Crippen molar-refractivity contribution in [2.24, 2.45) is 0 Å². The third kappa shape index (κ3) is 3.05. The zero-order chi connectivity index (χ0) is 16.4. The number of H-pyrrole nitrogens is 1. The van der Waals surface area contributed by atoms with Crippen molar-refractivity contribution >= 4 is 16.8 Å². The molecule has 122 valence electrons. The Hall–Kier alpha value is -2.41. The Kier molecular flexibility index (Phi) is 4.29. The highest BCUT2D eigenvalue weighted by atomic mass is 16.2. The number of hydrogen-bond acceptors (Lipinski definition) is 4. The highest BCUT2D eigenvalue weighted by molar-refractivity contribution is 5.79. The lowest BCUT2D eigenvalue weighted by Crippen LogP contribution is -2.47. The number of piperidine rings is 1. The van der Waals surface area contributed by atoms with Gasteiger partial charge in [0.25, 0.3) is 5.56 Å². The van der Waals surface area contributed by atoms with Gasteiger partial charge in [-0.1, -0.05) is 12.1 Å². The first-order valence-corrected chi connectivity index (χ1v) is 7.77. The number of nitrogens with one attached hydrogen (secondary N) is 2. The molecule has 0 aliphatic carbocycles. The molecular weight excluding hydrogens is 296 g/mol. The van der Waals surface area contributed by atoms with Crippen molar-refractivity contribution in [3.8, 4) is 0 Å². The van der Waals surface area contributed by atoms with Gasteiger partial charge >= 0.3 is 5.69 Å². The van der Waals surface area contributed by atoms with Crippen LogP contribution in [-0.4, -0.2) is 46.5 Å². The standard InChI is InChI=1S/C16H20N4O3/c1-17-11-6-8-19(9-7-11)14(21)10-20-15(22)12-4-2-3-5-13(12)18-16(20)23/h2-5,11,17H,6-10H2,1H3,(H,18,23). The number of para-hydroxylation sites is 1. The predicted molar refractivity (Wildman–Crippen MR) is 87.5 cm³/mol. The summed E-state index contributed by atoms with van der Waals surface area (Å²) in [6.07, 6.45) is 1.76. The lowest BCUT2D eigenvalue weighted by atomic mass is 10.1. The van der Waals surface area contributed by atoms with Gasteiger partial charge in [0, 0.05) is 19.1 Å². The molecule has 0 radical (unpaired) electrons. The van der Waals surface area contributed by atoms with E-state index in [0.29, 0.717) is 30.0 Å². The van der Waals surface area contributed by atoms with Gasteiger partial charge in [-0.25, -0.2) is 4.79 Å². The smallest absolute Gasteiger partial charge is 0.329 e. The fourth-order valence-corrected chi connectivity index (χ4v) is 3.00. The molecule has 0 unspecified atom stereocenters. The summed E-state index contributed by atoms with van der Waals surface area (Å²) in [6, 6.07) is 7.22. The maximum atomic E-state index is 12.4. The van der Waals surface area contributed by atoms with E-state index in [1.807, 2.05) is 7.05 Å². The summed E-state index contributed by atoms with van der Waals surface area (Å²) in [4.78, 5) is 41.3. The number of carbonyl (C=O) groups is 1. The molecule has 3 rings (SSSR count). The van der Waals surface area contributed by atoms with E-state index >= 15 is 0 Å². The Morgan fingerprint density at radius 2 is 1.96 bits per heavy atom. The van der Waals surface area contributed by atoms with Crippen molar-refractivity contribution in [2.45, 2.75) is 25.4 Å². The number of nitrogens with zero attached hydrogens (tertiary/aromatic N) is 2. The topological polar surface area (TPSA) is 87.2 Å². The van der Waals surface area contributed by atoms with Crippen molar-refractivity contribution in [3.05, 3.63) is 45.1 Å². The minimum absolute atomic E-state index is 0.192. The summed E-state index contributed by atoms with van der Waals surface area (Å²) in [5, 5.41) is 3.61. The minimum atomic E-state index is -0.549. The minimum Gasteiger partial charge on any atom is -0.341 e. The van der Waals surface area contributed by atoms with E-state index in [0.717, 1.165) is 17.4 Å². The number of aromatic nitrogens is 2. The molecule has 1 saturated heterocycles. The molecule has 0 bridgehead atoms. The SMILES string of the molecule is CNC1CCN(C(=O)Cn2c(=O)[nH]c3ccccc3c2=O)CC1. The van der Waals surface area contributed by atoms with Crippen LogP contribution in [-0.2, 0) is 11.3 Å². The van der Waals surface area contributed by atoms with Crippen LogP contribution in [0.3, 0.4) is 0 Å². The van der Waals surface area contributed by atoms with Gasteiger partial charge in [0.1, 0.15) is 6.54 Å². The molecule has 1 aromatic heterocycles. The summed E-state index contributed by atoms with van der Waals surface area (Å²) < 4.78 is 0.981. The van der Waals surface area contributed by atoms with Crippen molar-refractivity contribution in [1.82, 2.24) is 19.8 Å². The maximum Gasteiger partial charge on any atom is 0.329 e. The number of rotatable bonds is 3. The van der Waals surface area contributed by atoms with Crippen LogP contribution in [0.25, 0.3) is 10.9 Å². The Bertz CT molecular complexity index is 831. The highest BCUT2D eigenvalue weighted by Crippen LogP contribution is 2.10. The average molecular weight is 316 g/mol. The Morgan fingerprint density at radius 3 is 2.65 bits per heavy atom. The number of aromatic amines is 1. The first-order valence-electron chi connectivity index (χ1n) is 7.77. The molecule has 0 spiro atoms. The first-order chi connectivity index (χ1) is 11.1. The van der Waals surface area contributed by atoms with E-state index in [-0.39, 0.29) is 12.5 Å². The van der Waals surface area contributed by atoms with Gasteiger partial charge in [-0.3, -0.25) is 14.2 Å². The van der Waals surface area contributed by atoms with Crippen LogP contribution < -0.4 is 16.6 Å². The molecule has 1 aliphatic heterocycles. The van der Waals surface area contributed by atoms with Gasteiger partial charge in [-0.05, 0) is 32.0 Å². The zero-order valence-corrected chi connectivity index (χ0v) is 13.0. The quantitative estimate of drug-likeness (QED) is 0.828. The summed E-state index contributed by atoms with van der Waals surface area (Å²) >= 11 is 0. The fourth-order valence-electron chi connectivity index (χ4n) is 3.00. The molecular formula is C16H20N4O3. The molecule has 7 nitrogen and oxygen atoms in total. The molecule has 1 fully saturated rings. The lowest BCUT2D eigenvalue weighted by Gasteiger charge is -2.31. The molecule has 7 heteroatoms. The van der Waals surface area contributed by atoms with Gasteiger partial charge in [-0.2, -0.15) is 0 Å². The van der Waals surface area contributed by atoms with Crippen LogP contribution in [0.4, 0.5) is 0 Å². The molecule has 1 aliphatic rings. The van der Waals surface area contributed by atoms with E-state index in [1.54, 1.807) is 29.2 Å². The third-order valence-corrected chi connectivity index (χ3v) is 4.44. The van der Waals surface area contributed by atoms with E-state index < -0.39 is 11.2 Å². The molecule has 2 heterocycles. The van der Waals surface area contributed by atoms with Crippen molar-refractivity contribution in [3.63, 3.8) is 0 Å². The molecule has 23 heavy (non-hydrogen) atoms. The van der Waals surface area contributed by atoms with Crippen molar-refractivity contribution < 1.29 is 4.79 Å². The number of benzene rings is 1. The van der Waals surface area contributed by atoms with E-state index in [4.69, 9.17) is 0 Å². The number of fused-ring (bicyclic) bond motifs is 1. The first kappa shape index (κ1) is 15.5. The van der Waals surface area contributed by atoms with Crippen LogP contribution in [0.1, 0.15) is 12.8 Å². The number of carbonyl (C=O) groups excluding carboxylic acids is 1. The van der Waals surface area contributed by atoms with Crippen LogP contribution in [0, 0.1) is 0 Å². The molecule has 2 aromatic rings. The summed E-state index contributed by atoms with van der Waals surface area (Å²) in [7, 11) is 1.91. The van der Waals surface area contributed by atoms with Crippen LogP contribution in [0.2, 0.25) is 0 Å². The van der Waals surface area contributed by atoms with Crippen molar-refractivity contribution in [1.29, 1.82) is 0 Å². The van der Waals surface area contributed by atoms with E-state index in [9.17, 15) is 14.4 Å². The molecule has 2 N–H and O–H groups in total. The zero-order valence-electron chi connectivity index (χ0n) is 13.0.